The van der Waals surface area contributed by atoms with Crippen molar-refractivity contribution in [2.24, 2.45) is 5.92 Å². The van der Waals surface area contributed by atoms with Crippen LogP contribution in [0.5, 0.6) is 0 Å². The summed E-state index contributed by atoms with van der Waals surface area (Å²) >= 11 is 1.49. The molecule has 24 heavy (non-hydrogen) atoms. The normalized spacial score (nSPS) is 21.7. The summed E-state index contributed by atoms with van der Waals surface area (Å²) < 4.78 is 0.901. The van der Waals surface area contributed by atoms with Gasteiger partial charge in [0.2, 0.25) is 0 Å². The molecular formula is C17H24N4O2S. The SMILES string of the molecule is CNc1nc2ncc(C(=O)N[C@H]3CC[C@H](C(C)(C)O)CC3)cc2s1. The number of thiazole rings is 1. The summed E-state index contributed by atoms with van der Waals surface area (Å²) in [7, 11) is 1.81. The monoisotopic (exact) mass is 348 g/mol. The highest BCUT2D eigenvalue weighted by Crippen LogP contribution is 2.32. The van der Waals surface area contributed by atoms with Crippen LogP contribution in [0.3, 0.4) is 0 Å². The van der Waals surface area contributed by atoms with Gasteiger partial charge in [-0.3, -0.25) is 4.79 Å². The van der Waals surface area contributed by atoms with Gasteiger partial charge < -0.3 is 15.7 Å². The summed E-state index contributed by atoms with van der Waals surface area (Å²) in [6.07, 6.45) is 5.26. The Kier molecular flexibility index (Phi) is 4.73. The van der Waals surface area contributed by atoms with E-state index in [2.05, 4.69) is 20.6 Å². The molecule has 0 atom stereocenters. The van der Waals surface area contributed by atoms with Crippen LogP contribution in [-0.2, 0) is 0 Å². The number of nitrogens with one attached hydrogen (secondary N) is 2. The van der Waals surface area contributed by atoms with Gasteiger partial charge >= 0.3 is 0 Å². The van der Waals surface area contributed by atoms with E-state index in [9.17, 15) is 9.90 Å². The third-order valence-corrected chi connectivity index (χ3v) is 5.79. The molecule has 0 bridgehead atoms. The summed E-state index contributed by atoms with van der Waals surface area (Å²) in [4.78, 5) is 21.1. The Bertz CT molecular complexity index is 730. The van der Waals surface area contributed by atoms with Crippen molar-refractivity contribution in [1.29, 1.82) is 0 Å². The number of nitrogens with zero attached hydrogens (tertiary/aromatic N) is 2. The van der Waals surface area contributed by atoms with Crippen molar-refractivity contribution >= 4 is 32.7 Å². The maximum Gasteiger partial charge on any atom is 0.253 e. The van der Waals surface area contributed by atoms with Crippen molar-refractivity contribution < 1.29 is 9.90 Å². The van der Waals surface area contributed by atoms with Crippen molar-refractivity contribution in [3.8, 4) is 0 Å². The minimum Gasteiger partial charge on any atom is -0.390 e. The average Bonchev–Trinajstić information content (AvgIpc) is 2.96. The molecule has 1 amide bonds. The first-order valence-electron chi connectivity index (χ1n) is 8.34. The van der Waals surface area contributed by atoms with Gasteiger partial charge in [-0.15, -0.1) is 0 Å². The molecule has 1 fully saturated rings. The van der Waals surface area contributed by atoms with Crippen LogP contribution in [-0.4, -0.2) is 39.7 Å². The van der Waals surface area contributed by atoms with E-state index >= 15 is 0 Å². The van der Waals surface area contributed by atoms with Crippen LogP contribution in [0.4, 0.5) is 5.13 Å². The molecule has 0 aliphatic heterocycles. The molecule has 7 heteroatoms. The van der Waals surface area contributed by atoms with Crippen LogP contribution in [0.1, 0.15) is 49.9 Å². The number of fused-ring (bicyclic) bond motifs is 1. The number of carbonyl (C=O) groups is 1. The van der Waals surface area contributed by atoms with Gasteiger partial charge in [-0.25, -0.2) is 9.97 Å². The Morgan fingerprint density at radius 1 is 1.33 bits per heavy atom. The third-order valence-electron chi connectivity index (χ3n) is 4.78. The van der Waals surface area contributed by atoms with Crippen LogP contribution < -0.4 is 10.6 Å². The van der Waals surface area contributed by atoms with Gasteiger partial charge in [0.25, 0.3) is 5.91 Å². The number of rotatable bonds is 4. The molecular weight excluding hydrogens is 324 g/mol. The van der Waals surface area contributed by atoms with Crippen LogP contribution in [0, 0.1) is 5.92 Å². The lowest BCUT2D eigenvalue weighted by Gasteiger charge is -2.36. The van der Waals surface area contributed by atoms with Gasteiger partial charge in [-0.05, 0) is 51.5 Å². The molecule has 3 rings (SSSR count). The van der Waals surface area contributed by atoms with Crippen molar-refractivity contribution in [3.05, 3.63) is 17.8 Å². The number of hydrogen-bond acceptors (Lipinski definition) is 6. The Morgan fingerprint density at radius 2 is 2.04 bits per heavy atom. The van der Waals surface area contributed by atoms with Crippen molar-refractivity contribution in [2.75, 3.05) is 12.4 Å². The minimum atomic E-state index is -0.638. The second-order valence-corrected chi connectivity index (χ2v) is 8.02. The first-order chi connectivity index (χ1) is 11.4. The molecule has 0 saturated heterocycles. The number of amides is 1. The number of anilines is 1. The van der Waals surface area contributed by atoms with Gasteiger partial charge in [0.05, 0.1) is 15.9 Å². The largest absolute Gasteiger partial charge is 0.390 e. The number of hydrogen-bond donors (Lipinski definition) is 3. The van der Waals surface area contributed by atoms with Gasteiger partial charge in [-0.1, -0.05) is 11.3 Å². The molecule has 0 aromatic carbocycles. The number of carbonyl (C=O) groups excluding carboxylic acids is 1. The van der Waals surface area contributed by atoms with Crippen LogP contribution in [0.2, 0.25) is 0 Å². The third kappa shape index (κ3) is 3.67. The van der Waals surface area contributed by atoms with E-state index < -0.39 is 5.60 Å². The topological polar surface area (TPSA) is 87.1 Å². The Balaban J connectivity index is 1.63. The fraction of sp³-hybridized carbons (Fsp3) is 0.588. The van der Waals surface area contributed by atoms with E-state index in [0.29, 0.717) is 17.1 Å². The Morgan fingerprint density at radius 3 is 2.67 bits per heavy atom. The molecule has 2 aromatic heterocycles. The second-order valence-electron chi connectivity index (χ2n) is 6.99. The van der Waals surface area contributed by atoms with Gasteiger partial charge in [0, 0.05) is 19.3 Å². The summed E-state index contributed by atoms with van der Waals surface area (Å²) in [5, 5.41) is 17.0. The van der Waals surface area contributed by atoms with Crippen LogP contribution >= 0.6 is 11.3 Å². The Hall–Kier alpha value is -1.73. The van der Waals surface area contributed by atoms with E-state index in [-0.39, 0.29) is 11.9 Å². The quantitative estimate of drug-likeness (QED) is 0.791. The highest BCUT2D eigenvalue weighted by Gasteiger charge is 2.31. The number of aliphatic hydroxyl groups is 1. The zero-order chi connectivity index (χ0) is 17.3. The lowest BCUT2D eigenvalue weighted by atomic mass is 9.77. The van der Waals surface area contributed by atoms with E-state index in [4.69, 9.17) is 0 Å². The first-order valence-corrected chi connectivity index (χ1v) is 9.16. The van der Waals surface area contributed by atoms with Crippen molar-refractivity contribution in [3.63, 3.8) is 0 Å². The van der Waals surface area contributed by atoms with Gasteiger partial charge in [-0.2, -0.15) is 0 Å². The van der Waals surface area contributed by atoms with E-state index in [0.717, 1.165) is 35.5 Å². The lowest BCUT2D eigenvalue weighted by Crippen LogP contribution is -2.41. The molecule has 3 N–H and O–H groups in total. The number of aromatic nitrogens is 2. The zero-order valence-corrected chi connectivity index (χ0v) is 15.1. The van der Waals surface area contributed by atoms with Gasteiger partial charge in [0.1, 0.15) is 0 Å². The lowest BCUT2D eigenvalue weighted by molar-refractivity contribution is -0.00257. The molecule has 1 aliphatic rings. The fourth-order valence-corrected chi connectivity index (χ4v) is 4.08. The Labute approximate surface area is 145 Å². The molecule has 6 nitrogen and oxygen atoms in total. The molecule has 0 radical (unpaired) electrons. The average molecular weight is 348 g/mol. The van der Waals surface area contributed by atoms with E-state index in [1.807, 2.05) is 27.0 Å². The first kappa shape index (κ1) is 17.1. The van der Waals surface area contributed by atoms with Crippen molar-refractivity contribution in [2.45, 2.75) is 51.2 Å². The molecule has 0 spiro atoms. The van der Waals surface area contributed by atoms with Crippen molar-refractivity contribution in [1.82, 2.24) is 15.3 Å². The maximum atomic E-state index is 12.5. The molecule has 2 heterocycles. The zero-order valence-electron chi connectivity index (χ0n) is 14.3. The molecule has 130 valence electrons. The minimum absolute atomic E-state index is 0.0875. The predicted octanol–water partition coefficient (Wildman–Crippen LogP) is 2.79. The van der Waals surface area contributed by atoms with E-state index in [1.54, 1.807) is 6.20 Å². The van der Waals surface area contributed by atoms with Crippen LogP contribution in [0.15, 0.2) is 12.3 Å². The smallest absolute Gasteiger partial charge is 0.253 e. The molecule has 1 aliphatic carbocycles. The standard InChI is InChI=1S/C17H24N4O2S/c1-17(2,23)11-4-6-12(7-5-11)20-15(22)10-8-13-14(19-9-10)21-16(18-3)24-13/h8-9,11-12,23H,4-7H2,1-3H3,(H,20,22)(H,18,19,21)/t11-,12-. The molecule has 1 saturated carbocycles. The summed E-state index contributed by atoms with van der Waals surface area (Å²) in [6.45, 7) is 3.73. The number of pyridine rings is 1. The summed E-state index contributed by atoms with van der Waals surface area (Å²) in [5.41, 5.74) is 0.589. The summed E-state index contributed by atoms with van der Waals surface area (Å²) in [6, 6.07) is 2.01. The maximum absolute atomic E-state index is 12.5. The second kappa shape index (κ2) is 6.64. The predicted molar refractivity (Wildman–Crippen MR) is 96.5 cm³/mol. The molecule has 2 aromatic rings. The highest BCUT2D eigenvalue weighted by atomic mass is 32.1. The summed E-state index contributed by atoms with van der Waals surface area (Å²) in [5.74, 6) is 0.219. The fourth-order valence-electron chi connectivity index (χ4n) is 3.26. The van der Waals surface area contributed by atoms with Crippen LogP contribution in [0.25, 0.3) is 10.3 Å². The highest BCUT2D eigenvalue weighted by molar-refractivity contribution is 7.22. The van der Waals surface area contributed by atoms with Gasteiger partial charge in [0.15, 0.2) is 10.8 Å². The molecule has 0 unspecified atom stereocenters. The van der Waals surface area contributed by atoms with E-state index in [1.165, 1.54) is 11.3 Å².